The van der Waals surface area contributed by atoms with Gasteiger partial charge < -0.3 is 20.1 Å². The minimum atomic E-state index is -0.369. The van der Waals surface area contributed by atoms with E-state index < -0.39 is 0 Å². The van der Waals surface area contributed by atoms with Crippen LogP contribution in [0.1, 0.15) is 27.6 Å². The van der Waals surface area contributed by atoms with Crippen molar-refractivity contribution in [2.24, 2.45) is 0 Å². The molecule has 0 saturated carbocycles. The van der Waals surface area contributed by atoms with E-state index in [1.165, 1.54) is 18.5 Å². The van der Waals surface area contributed by atoms with Crippen LogP contribution < -0.4 is 15.4 Å². The molecule has 0 radical (unpaired) electrons. The number of nitrogens with one attached hydrogen (secondary N) is 2. The number of anilines is 1. The number of para-hydroxylation sites is 2. The lowest BCUT2D eigenvalue weighted by Crippen LogP contribution is -2.27. The number of hydrogen-bond donors (Lipinski definition) is 2. The van der Waals surface area contributed by atoms with Crippen molar-refractivity contribution in [3.05, 3.63) is 53.9 Å². The van der Waals surface area contributed by atoms with Crippen molar-refractivity contribution in [3.63, 3.8) is 0 Å². The molecule has 0 bridgehead atoms. The molecule has 7 nitrogen and oxygen atoms in total. The van der Waals surface area contributed by atoms with E-state index in [-0.39, 0.29) is 17.4 Å². The van der Waals surface area contributed by atoms with Crippen molar-refractivity contribution >= 4 is 17.5 Å². The summed E-state index contributed by atoms with van der Waals surface area (Å²) in [4.78, 5) is 28.5. The van der Waals surface area contributed by atoms with Gasteiger partial charge in [0.25, 0.3) is 11.8 Å². The summed E-state index contributed by atoms with van der Waals surface area (Å²) < 4.78 is 10.4. The lowest BCUT2D eigenvalue weighted by Gasteiger charge is -2.11. The van der Waals surface area contributed by atoms with Crippen molar-refractivity contribution in [2.75, 3.05) is 32.2 Å². The fourth-order valence-corrected chi connectivity index (χ4v) is 2.10. The molecule has 1 heterocycles. The van der Waals surface area contributed by atoms with Gasteiger partial charge in [-0.1, -0.05) is 12.1 Å². The van der Waals surface area contributed by atoms with Gasteiger partial charge in [0, 0.05) is 26.0 Å². The molecule has 2 aromatic rings. The number of carbonyl (C=O) groups excluding carboxylic acids is 2. The Balaban J connectivity index is 2.10. The smallest absolute Gasteiger partial charge is 0.257 e. The number of pyridine rings is 1. The Hall–Kier alpha value is -2.93. The number of rotatable bonds is 8. The average molecular weight is 343 g/mol. The Morgan fingerprint density at radius 1 is 1.12 bits per heavy atom. The van der Waals surface area contributed by atoms with Crippen LogP contribution in [0.3, 0.4) is 0 Å². The monoisotopic (exact) mass is 343 g/mol. The minimum Gasteiger partial charge on any atom is -0.492 e. The topological polar surface area (TPSA) is 89.5 Å². The third-order valence-corrected chi connectivity index (χ3v) is 3.29. The van der Waals surface area contributed by atoms with E-state index in [0.29, 0.717) is 36.8 Å². The Labute approximate surface area is 146 Å². The van der Waals surface area contributed by atoms with Gasteiger partial charge in [0.15, 0.2) is 0 Å². The molecule has 0 spiro atoms. The molecule has 1 aromatic heterocycles. The summed E-state index contributed by atoms with van der Waals surface area (Å²) >= 11 is 0. The zero-order valence-electron chi connectivity index (χ0n) is 14.2. The molecule has 0 saturated heterocycles. The van der Waals surface area contributed by atoms with Gasteiger partial charge in [-0.2, -0.15) is 0 Å². The number of benzene rings is 1. The van der Waals surface area contributed by atoms with E-state index in [0.717, 1.165) is 0 Å². The van der Waals surface area contributed by atoms with Crippen LogP contribution in [0.4, 0.5) is 5.69 Å². The highest BCUT2D eigenvalue weighted by Crippen LogP contribution is 2.24. The molecular formula is C18H21N3O4. The van der Waals surface area contributed by atoms with Gasteiger partial charge in [-0.05, 0) is 25.1 Å². The molecule has 2 amide bonds. The lowest BCUT2D eigenvalue weighted by atomic mass is 10.1. The van der Waals surface area contributed by atoms with Crippen LogP contribution >= 0.6 is 0 Å². The summed E-state index contributed by atoms with van der Waals surface area (Å²) in [6.07, 6.45) is 2.82. The number of hydrogen-bond acceptors (Lipinski definition) is 5. The Bertz CT molecular complexity index is 734. The van der Waals surface area contributed by atoms with Gasteiger partial charge in [-0.3, -0.25) is 14.6 Å². The van der Waals surface area contributed by atoms with Crippen LogP contribution in [0, 0.1) is 0 Å². The molecule has 0 aliphatic heterocycles. The quantitative estimate of drug-likeness (QED) is 0.717. The second kappa shape index (κ2) is 9.39. The van der Waals surface area contributed by atoms with Gasteiger partial charge in [0.2, 0.25) is 0 Å². The number of amides is 2. The predicted molar refractivity (Wildman–Crippen MR) is 94.0 cm³/mol. The Morgan fingerprint density at radius 2 is 1.84 bits per heavy atom. The number of carbonyl (C=O) groups is 2. The second-order valence-electron chi connectivity index (χ2n) is 5.09. The van der Waals surface area contributed by atoms with Crippen molar-refractivity contribution in [2.45, 2.75) is 6.92 Å². The van der Waals surface area contributed by atoms with E-state index in [9.17, 15) is 9.59 Å². The van der Waals surface area contributed by atoms with Gasteiger partial charge in [0.05, 0.1) is 30.0 Å². The largest absolute Gasteiger partial charge is 0.492 e. The summed E-state index contributed by atoms with van der Waals surface area (Å²) in [5, 5.41) is 5.46. The fourth-order valence-electron chi connectivity index (χ4n) is 2.10. The second-order valence-corrected chi connectivity index (χ2v) is 5.09. The van der Waals surface area contributed by atoms with Crippen LogP contribution in [-0.2, 0) is 4.74 Å². The fraction of sp³-hybridized carbons (Fsp3) is 0.278. The van der Waals surface area contributed by atoms with Crippen molar-refractivity contribution in [1.82, 2.24) is 10.3 Å². The first-order valence-electron chi connectivity index (χ1n) is 7.91. The lowest BCUT2D eigenvalue weighted by molar-refractivity contribution is 0.0936. The predicted octanol–water partition coefficient (Wildman–Crippen LogP) is 2.11. The minimum absolute atomic E-state index is 0.283. The molecular weight excluding hydrogens is 322 g/mol. The number of nitrogens with zero attached hydrogens (tertiary/aromatic N) is 1. The zero-order chi connectivity index (χ0) is 18.1. The summed E-state index contributed by atoms with van der Waals surface area (Å²) in [5.74, 6) is -0.0973. The molecule has 0 atom stereocenters. The zero-order valence-corrected chi connectivity index (χ0v) is 14.2. The normalized spacial score (nSPS) is 10.2. The first-order valence-corrected chi connectivity index (χ1v) is 7.91. The third kappa shape index (κ3) is 5.29. The van der Waals surface area contributed by atoms with Gasteiger partial charge in [-0.15, -0.1) is 0 Å². The Morgan fingerprint density at radius 3 is 2.56 bits per heavy atom. The van der Waals surface area contributed by atoms with Gasteiger partial charge in [0.1, 0.15) is 5.75 Å². The number of aromatic nitrogens is 1. The Kier molecular flexibility index (Phi) is 6.91. The molecule has 0 unspecified atom stereocenters. The standard InChI is InChI=1S/C18H21N3O4/c1-3-25-16-7-5-4-6-15(16)21-18(23)14-10-13(11-19-12-14)17(22)20-8-9-24-2/h4-7,10-12H,3,8-9H2,1-2H3,(H,20,22)(H,21,23). The molecule has 7 heteroatoms. The molecule has 1 aromatic carbocycles. The van der Waals surface area contributed by atoms with Crippen LogP contribution in [0.2, 0.25) is 0 Å². The van der Waals surface area contributed by atoms with Crippen LogP contribution in [-0.4, -0.2) is 43.7 Å². The highest BCUT2D eigenvalue weighted by atomic mass is 16.5. The van der Waals surface area contributed by atoms with Crippen LogP contribution in [0.15, 0.2) is 42.7 Å². The van der Waals surface area contributed by atoms with E-state index >= 15 is 0 Å². The van der Waals surface area contributed by atoms with Crippen molar-refractivity contribution < 1.29 is 19.1 Å². The first kappa shape index (κ1) is 18.4. The maximum atomic E-state index is 12.4. The maximum Gasteiger partial charge on any atom is 0.257 e. The molecule has 132 valence electrons. The summed E-state index contributed by atoms with van der Waals surface area (Å²) in [6, 6.07) is 8.64. The van der Waals surface area contributed by atoms with Crippen molar-refractivity contribution in [1.29, 1.82) is 0 Å². The van der Waals surface area contributed by atoms with Crippen LogP contribution in [0.5, 0.6) is 5.75 Å². The van der Waals surface area contributed by atoms with Crippen molar-refractivity contribution in [3.8, 4) is 5.75 Å². The molecule has 0 fully saturated rings. The van der Waals surface area contributed by atoms with E-state index in [2.05, 4.69) is 15.6 Å². The highest BCUT2D eigenvalue weighted by Gasteiger charge is 2.13. The average Bonchev–Trinajstić information content (AvgIpc) is 2.64. The SMILES string of the molecule is CCOc1ccccc1NC(=O)c1cncc(C(=O)NCCOC)c1. The third-order valence-electron chi connectivity index (χ3n) is 3.29. The van der Waals surface area contributed by atoms with Gasteiger partial charge in [-0.25, -0.2) is 0 Å². The number of methoxy groups -OCH3 is 1. The molecule has 2 rings (SSSR count). The summed E-state index contributed by atoms with van der Waals surface area (Å²) in [6.45, 7) is 3.15. The molecule has 2 N–H and O–H groups in total. The van der Waals surface area contributed by atoms with Crippen LogP contribution in [0.25, 0.3) is 0 Å². The van der Waals surface area contributed by atoms with E-state index in [4.69, 9.17) is 9.47 Å². The van der Waals surface area contributed by atoms with E-state index in [1.807, 2.05) is 13.0 Å². The molecule has 0 aliphatic rings. The molecule has 25 heavy (non-hydrogen) atoms. The maximum absolute atomic E-state index is 12.4. The first-order chi connectivity index (χ1) is 12.2. The summed E-state index contributed by atoms with van der Waals surface area (Å²) in [7, 11) is 1.55. The van der Waals surface area contributed by atoms with Gasteiger partial charge >= 0.3 is 0 Å². The molecule has 0 aliphatic carbocycles. The van der Waals surface area contributed by atoms with E-state index in [1.54, 1.807) is 25.3 Å². The highest BCUT2D eigenvalue weighted by molar-refractivity contribution is 6.06. The number of ether oxygens (including phenoxy) is 2. The summed E-state index contributed by atoms with van der Waals surface area (Å²) in [5.41, 5.74) is 1.15.